The Morgan fingerprint density at radius 2 is 2.32 bits per heavy atom. The van der Waals surface area contributed by atoms with Crippen molar-refractivity contribution < 1.29 is 14.6 Å². The van der Waals surface area contributed by atoms with Crippen molar-refractivity contribution in [3.05, 3.63) is 45.9 Å². The fraction of sp³-hybridized carbons (Fsp3) is 0.375. The van der Waals surface area contributed by atoms with Gasteiger partial charge in [0.2, 0.25) is 0 Å². The summed E-state index contributed by atoms with van der Waals surface area (Å²) in [6.45, 7) is 2.48. The second-order valence-electron chi connectivity index (χ2n) is 4.96. The van der Waals surface area contributed by atoms with E-state index < -0.39 is 12.0 Å². The Morgan fingerprint density at radius 1 is 1.50 bits per heavy atom. The lowest BCUT2D eigenvalue weighted by atomic mass is 10.1. The molecular weight excluding hydrogens is 300 g/mol. The molecule has 1 aromatic heterocycles. The summed E-state index contributed by atoms with van der Waals surface area (Å²) in [6, 6.07) is 6.87. The molecule has 6 heteroatoms. The molecule has 2 N–H and O–H groups in total. The quantitative estimate of drug-likeness (QED) is 0.768. The number of carbonyl (C=O) groups is 1. The van der Waals surface area contributed by atoms with Crippen molar-refractivity contribution in [2.24, 2.45) is 0 Å². The van der Waals surface area contributed by atoms with Crippen LogP contribution in [0.2, 0.25) is 0 Å². The van der Waals surface area contributed by atoms with E-state index in [9.17, 15) is 9.90 Å². The summed E-state index contributed by atoms with van der Waals surface area (Å²) in [5, 5.41) is 15.9. The number of benzene rings is 1. The number of aliphatic hydroxyl groups excluding tert-OH is 1. The van der Waals surface area contributed by atoms with Crippen LogP contribution < -0.4 is 10.1 Å². The van der Waals surface area contributed by atoms with Gasteiger partial charge < -0.3 is 15.2 Å². The molecule has 1 unspecified atom stereocenters. The predicted octanol–water partition coefficient (Wildman–Crippen LogP) is 2.24. The molecule has 0 saturated carbocycles. The summed E-state index contributed by atoms with van der Waals surface area (Å²) in [4.78, 5) is 16.3. The average molecular weight is 320 g/mol. The Kier molecular flexibility index (Phi) is 5.91. The molecule has 0 fully saturated rings. The number of thiazole rings is 1. The van der Waals surface area contributed by atoms with E-state index in [0.717, 1.165) is 23.5 Å². The summed E-state index contributed by atoms with van der Waals surface area (Å²) in [5.41, 5.74) is 1.55. The highest BCUT2D eigenvalue weighted by Crippen LogP contribution is 2.19. The van der Waals surface area contributed by atoms with E-state index in [-0.39, 0.29) is 0 Å². The highest BCUT2D eigenvalue weighted by atomic mass is 32.1. The zero-order valence-corrected chi connectivity index (χ0v) is 13.5. The number of aromatic nitrogens is 1. The van der Waals surface area contributed by atoms with Gasteiger partial charge in [0, 0.05) is 24.0 Å². The van der Waals surface area contributed by atoms with Gasteiger partial charge in [-0.1, -0.05) is 12.1 Å². The van der Waals surface area contributed by atoms with Gasteiger partial charge in [0.1, 0.15) is 5.75 Å². The summed E-state index contributed by atoms with van der Waals surface area (Å²) < 4.78 is 5.09. The number of nitrogens with zero attached hydrogens (tertiary/aromatic N) is 1. The Balaban J connectivity index is 1.78. The number of aliphatic hydroxyl groups is 1. The standard InChI is InChI=1S/C16H20N2O3S/c1-11-10-22-14(18-11)7-4-8-17-16(20)15(19)12-5-3-6-13(9-12)21-2/h3,5-6,9-10,15,19H,4,7-8H2,1-2H3,(H,17,20). The van der Waals surface area contributed by atoms with E-state index in [1.165, 1.54) is 0 Å². The molecule has 0 radical (unpaired) electrons. The lowest BCUT2D eigenvalue weighted by Gasteiger charge is -2.12. The van der Waals surface area contributed by atoms with E-state index in [2.05, 4.69) is 10.3 Å². The number of carbonyl (C=O) groups excluding carboxylic acids is 1. The second kappa shape index (κ2) is 7.91. The van der Waals surface area contributed by atoms with Crippen molar-refractivity contribution in [1.29, 1.82) is 0 Å². The molecule has 2 aromatic rings. The predicted molar refractivity (Wildman–Crippen MR) is 86.1 cm³/mol. The van der Waals surface area contributed by atoms with Gasteiger partial charge in [-0.25, -0.2) is 4.98 Å². The maximum Gasteiger partial charge on any atom is 0.253 e. The fourth-order valence-electron chi connectivity index (χ4n) is 2.03. The van der Waals surface area contributed by atoms with Gasteiger partial charge in [-0.2, -0.15) is 0 Å². The van der Waals surface area contributed by atoms with Crippen LogP contribution in [-0.4, -0.2) is 29.7 Å². The number of ether oxygens (including phenoxy) is 1. The molecule has 118 valence electrons. The van der Waals surface area contributed by atoms with Crippen LogP contribution in [-0.2, 0) is 11.2 Å². The van der Waals surface area contributed by atoms with Crippen molar-refractivity contribution in [3.8, 4) is 5.75 Å². The third-order valence-corrected chi connectivity index (χ3v) is 4.22. The Bertz CT molecular complexity index is 627. The molecule has 22 heavy (non-hydrogen) atoms. The lowest BCUT2D eigenvalue weighted by Crippen LogP contribution is -2.30. The first-order valence-electron chi connectivity index (χ1n) is 7.11. The lowest BCUT2D eigenvalue weighted by molar-refractivity contribution is -0.129. The summed E-state index contributed by atoms with van der Waals surface area (Å²) >= 11 is 1.63. The molecule has 0 spiro atoms. The first-order valence-corrected chi connectivity index (χ1v) is 7.99. The van der Waals surface area contributed by atoms with Crippen LogP contribution in [0.15, 0.2) is 29.6 Å². The zero-order valence-electron chi connectivity index (χ0n) is 12.7. The van der Waals surface area contributed by atoms with Crippen LogP contribution in [0.25, 0.3) is 0 Å². The van der Waals surface area contributed by atoms with Crippen molar-refractivity contribution in [2.45, 2.75) is 25.9 Å². The van der Waals surface area contributed by atoms with Crippen LogP contribution in [0.4, 0.5) is 0 Å². The minimum Gasteiger partial charge on any atom is -0.497 e. The van der Waals surface area contributed by atoms with Crippen LogP contribution in [0.1, 0.15) is 28.8 Å². The van der Waals surface area contributed by atoms with E-state index in [1.54, 1.807) is 42.7 Å². The SMILES string of the molecule is COc1cccc(C(O)C(=O)NCCCc2nc(C)cs2)c1. The first-order chi connectivity index (χ1) is 10.6. The smallest absolute Gasteiger partial charge is 0.253 e. The minimum absolute atomic E-state index is 0.399. The number of hydrogen-bond donors (Lipinski definition) is 2. The minimum atomic E-state index is -1.18. The van der Waals surface area contributed by atoms with Gasteiger partial charge in [-0.05, 0) is 31.0 Å². The number of aryl methyl sites for hydroxylation is 2. The van der Waals surface area contributed by atoms with Crippen LogP contribution in [0, 0.1) is 6.92 Å². The van der Waals surface area contributed by atoms with Gasteiger partial charge in [0.05, 0.1) is 12.1 Å². The number of methoxy groups -OCH3 is 1. The number of amides is 1. The zero-order chi connectivity index (χ0) is 15.9. The molecule has 0 aliphatic carbocycles. The molecule has 1 amide bonds. The number of nitrogens with one attached hydrogen (secondary N) is 1. The van der Waals surface area contributed by atoms with Crippen molar-refractivity contribution in [3.63, 3.8) is 0 Å². The van der Waals surface area contributed by atoms with Gasteiger partial charge in [0.25, 0.3) is 5.91 Å². The molecule has 0 saturated heterocycles. The number of rotatable bonds is 7. The molecule has 0 bridgehead atoms. The van der Waals surface area contributed by atoms with Crippen LogP contribution in [0.3, 0.4) is 0 Å². The third-order valence-electron chi connectivity index (χ3n) is 3.19. The maximum atomic E-state index is 11.9. The summed E-state index contributed by atoms with van der Waals surface area (Å²) in [5.74, 6) is 0.215. The molecule has 5 nitrogen and oxygen atoms in total. The van der Waals surface area contributed by atoms with E-state index in [0.29, 0.717) is 17.9 Å². The Hall–Kier alpha value is -1.92. The largest absolute Gasteiger partial charge is 0.497 e. The monoisotopic (exact) mass is 320 g/mol. The van der Waals surface area contributed by atoms with Crippen molar-refractivity contribution in [2.75, 3.05) is 13.7 Å². The van der Waals surface area contributed by atoms with Crippen LogP contribution in [0.5, 0.6) is 5.75 Å². The average Bonchev–Trinajstić information content (AvgIpc) is 2.96. The van der Waals surface area contributed by atoms with Gasteiger partial charge >= 0.3 is 0 Å². The first kappa shape index (κ1) is 16.5. The maximum absolute atomic E-state index is 11.9. The summed E-state index contributed by atoms with van der Waals surface area (Å²) in [6.07, 6.45) is 0.439. The molecule has 1 aromatic carbocycles. The summed E-state index contributed by atoms with van der Waals surface area (Å²) in [7, 11) is 1.55. The molecule has 1 atom stereocenters. The van der Waals surface area contributed by atoms with Crippen LogP contribution >= 0.6 is 11.3 Å². The third kappa shape index (κ3) is 4.54. The van der Waals surface area contributed by atoms with E-state index in [4.69, 9.17) is 4.74 Å². The van der Waals surface area contributed by atoms with Gasteiger partial charge in [0.15, 0.2) is 6.10 Å². The van der Waals surface area contributed by atoms with Gasteiger partial charge in [-0.15, -0.1) is 11.3 Å². The van der Waals surface area contributed by atoms with Crippen molar-refractivity contribution in [1.82, 2.24) is 10.3 Å². The molecular formula is C16H20N2O3S. The van der Waals surface area contributed by atoms with Gasteiger partial charge in [-0.3, -0.25) is 4.79 Å². The topological polar surface area (TPSA) is 71.5 Å². The molecule has 0 aliphatic rings. The fourth-order valence-corrected chi connectivity index (χ4v) is 2.85. The molecule has 0 aliphatic heterocycles. The molecule has 1 heterocycles. The van der Waals surface area contributed by atoms with E-state index in [1.807, 2.05) is 12.3 Å². The number of hydrogen-bond acceptors (Lipinski definition) is 5. The Labute approximate surface area is 134 Å². The highest BCUT2D eigenvalue weighted by Gasteiger charge is 2.17. The Morgan fingerprint density at radius 3 is 3.00 bits per heavy atom. The van der Waals surface area contributed by atoms with E-state index >= 15 is 0 Å². The van der Waals surface area contributed by atoms with Crippen molar-refractivity contribution >= 4 is 17.2 Å². The highest BCUT2D eigenvalue weighted by molar-refractivity contribution is 7.09. The normalized spacial score (nSPS) is 12.0. The second-order valence-corrected chi connectivity index (χ2v) is 5.90. The molecule has 2 rings (SSSR count).